The summed E-state index contributed by atoms with van der Waals surface area (Å²) >= 11 is 6.44. The number of aliphatic carboxylic acids is 1. The molecular weight excluding hydrogens is 290 g/mol. The number of aryl methyl sites for hydroxylation is 2. The number of carbonyl (C=O) groups is 1. The molecule has 0 aliphatic carbocycles. The quantitative estimate of drug-likeness (QED) is 0.760. The Balaban J connectivity index is 2.83. The monoisotopic (exact) mass is 315 g/mol. The minimum Gasteiger partial charge on any atom is -0.481 e. The van der Waals surface area contributed by atoms with E-state index >= 15 is 0 Å². The van der Waals surface area contributed by atoms with Gasteiger partial charge in [0.05, 0.1) is 16.4 Å². The van der Waals surface area contributed by atoms with Gasteiger partial charge in [0.1, 0.15) is 0 Å². The van der Waals surface area contributed by atoms with Crippen LogP contribution in [0.1, 0.15) is 51.9 Å². The van der Waals surface area contributed by atoms with Gasteiger partial charge in [0.25, 0.3) is 0 Å². The number of hydrogen-bond donors (Lipinski definition) is 1. The lowest BCUT2D eigenvalue weighted by Crippen LogP contribution is -2.32. The van der Waals surface area contributed by atoms with Crippen LogP contribution in [0.2, 0.25) is 5.02 Å². The van der Waals surface area contributed by atoms with Gasteiger partial charge >= 0.3 is 5.97 Å². The molecule has 1 aromatic rings. The van der Waals surface area contributed by atoms with E-state index < -0.39 is 5.97 Å². The van der Waals surface area contributed by atoms with Crippen LogP contribution in [-0.2, 0) is 24.3 Å². The molecule has 1 N–H and O–H groups in total. The summed E-state index contributed by atoms with van der Waals surface area (Å²) in [6, 6.07) is 0.333. The van der Waals surface area contributed by atoms with Gasteiger partial charge in [0.15, 0.2) is 0 Å². The Hall–Kier alpha value is -1.07. The number of halogens is 1. The highest BCUT2D eigenvalue weighted by molar-refractivity contribution is 6.31. The summed E-state index contributed by atoms with van der Waals surface area (Å²) in [5.74, 6) is -0.747. The van der Waals surface area contributed by atoms with E-state index in [0.717, 1.165) is 35.9 Å². The average molecular weight is 316 g/mol. The van der Waals surface area contributed by atoms with E-state index in [1.54, 1.807) is 0 Å². The summed E-state index contributed by atoms with van der Waals surface area (Å²) in [5.41, 5.74) is 1.96. The van der Waals surface area contributed by atoms with Crippen molar-refractivity contribution < 1.29 is 9.90 Å². The molecule has 0 spiro atoms. The number of rotatable bonds is 9. The molecule has 0 atom stereocenters. The molecule has 0 saturated carbocycles. The molecule has 0 radical (unpaired) electrons. The molecule has 0 amide bonds. The van der Waals surface area contributed by atoms with Crippen molar-refractivity contribution in [3.05, 3.63) is 16.4 Å². The minimum absolute atomic E-state index is 0.199. The summed E-state index contributed by atoms with van der Waals surface area (Å²) in [6.45, 7) is 10.6. The highest BCUT2D eigenvalue weighted by Crippen LogP contribution is 2.24. The van der Waals surface area contributed by atoms with Crippen LogP contribution in [0, 0.1) is 0 Å². The molecule has 0 unspecified atom stereocenters. The van der Waals surface area contributed by atoms with Crippen LogP contribution in [0.5, 0.6) is 0 Å². The maximum Gasteiger partial charge on any atom is 0.303 e. The first-order valence-corrected chi connectivity index (χ1v) is 7.98. The largest absolute Gasteiger partial charge is 0.481 e. The maximum atomic E-state index is 10.7. The zero-order valence-corrected chi connectivity index (χ0v) is 14.2. The molecule has 0 aliphatic rings. The van der Waals surface area contributed by atoms with E-state index in [9.17, 15) is 4.79 Å². The van der Waals surface area contributed by atoms with Crippen LogP contribution in [0.4, 0.5) is 0 Å². The fraction of sp³-hybridized carbons (Fsp3) is 0.733. The van der Waals surface area contributed by atoms with Crippen molar-refractivity contribution >= 4 is 17.6 Å². The molecule has 21 heavy (non-hydrogen) atoms. The molecule has 5 nitrogen and oxygen atoms in total. The van der Waals surface area contributed by atoms with Gasteiger partial charge in [-0.05, 0) is 40.2 Å². The van der Waals surface area contributed by atoms with E-state index in [2.05, 4.69) is 30.8 Å². The molecule has 0 fully saturated rings. The number of nitrogens with zero attached hydrogens (tertiary/aromatic N) is 3. The Morgan fingerprint density at radius 1 is 1.43 bits per heavy atom. The average Bonchev–Trinajstić information content (AvgIpc) is 2.73. The molecule has 120 valence electrons. The summed E-state index contributed by atoms with van der Waals surface area (Å²) in [7, 11) is 0. The molecule has 1 heterocycles. The first-order valence-electron chi connectivity index (χ1n) is 7.60. The maximum absolute atomic E-state index is 10.7. The molecular formula is C15H26ClN3O2. The fourth-order valence-electron chi connectivity index (χ4n) is 2.31. The van der Waals surface area contributed by atoms with Crippen molar-refractivity contribution in [3.8, 4) is 0 Å². The second-order valence-electron chi connectivity index (χ2n) is 5.44. The van der Waals surface area contributed by atoms with Gasteiger partial charge < -0.3 is 5.11 Å². The number of carboxylic acid groups (broad SMARTS) is 1. The predicted octanol–water partition coefficient (Wildman–Crippen LogP) is 3.19. The first kappa shape index (κ1) is 18.0. The number of aromatic nitrogens is 2. The summed E-state index contributed by atoms with van der Waals surface area (Å²) in [4.78, 5) is 12.9. The third-order valence-corrected chi connectivity index (χ3v) is 4.05. The second-order valence-corrected chi connectivity index (χ2v) is 5.82. The number of hydrogen-bond acceptors (Lipinski definition) is 3. The van der Waals surface area contributed by atoms with Crippen LogP contribution in [0.25, 0.3) is 0 Å². The minimum atomic E-state index is -0.747. The molecule has 6 heteroatoms. The first-order chi connectivity index (χ1) is 9.90. The summed E-state index contributed by atoms with van der Waals surface area (Å²) < 4.78 is 1.95. The van der Waals surface area contributed by atoms with Gasteiger partial charge in [-0.1, -0.05) is 18.5 Å². The van der Waals surface area contributed by atoms with Crippen molar-refractivity contribution in [1.82, 2.24) is 14.7 Å². The normalized spacial score (nSPS) is 11.6. The van der Waals surface area contributed by atoms with Gasteiger partial charge in [-0.2, -0.15) is 5.10 Å². The van der Waals surface area contributed by atoms with Gasteiger partial charge in [0.2, 0.25) is 0 Å². The lowest BCUT2D eigenvalue weighted by molar-refractivity contribution is -0.137. The lowest BCUT2D eigenvalue weighted by atomic mass is 10.2. The van der Waals surface area contributed by atoms with E-state index in [1.807, 2.05) is 11.6 Å². The van der Waals surface area contributed by atoms with Crippen molar-refractivity contribution in [1.29, 1.82) is 0 Å². The Morgan fingerprint density at radius 2 is 2.10 bits per heavy atom. The molecule has 0 bridgehead atoms. The summed E-state index contributed by atoms with van der Waals surface area (Å²) in [5, 5.41) is 14.0. The highest BCUT2D eigenvalue weighted by atomic mass is 35.5. The lowest BCUT2D eigenvalue weighted by Gasteiger charge is -2.26. The smallest absolute Gasteiger partial charge is 0.303 e. The Morgan fingerprint density at radius 3 is 2.57 bits per heavy atom. The molecule has 0 saturated heterocycles. The second kappa shape index (κ2) is 8.39. The van der Waals surface area contributed by atoms with Crippen molar-refractivity contribution in [2.75, 3.05) is 6.54 Å². The van der Waals surface area contributed by atoms with Gasteiger partial charge in [-0.25, -0.2) is 0 Å². The Bertz CT molecular complexity index is 472. The van der Waals surface area contributed by atoms with Gasteiger partial charge in [0, 0.05) is 25.6 Å². The van der Waals surface area contributed by atoms with E-state index in [-0.39, 0.29) is 6.42 Å². The van der Waals surface area contributed by atoms with Crippen LogP contribution < -0.4 is 0 Å². The summed E-state index contributed by atoms with van der Waals surface area (Å²) in [6.07, 6.45) is 1.66. The highest BCUT2D eigenvalue weighted by Gasteiger charge is 2.19. The third-order valence-electron chi connectivity index (χ3n) is 3.61. The molecule has 1 rings (SSSR count). The third kappa shape index (κ3) is 5.00. The Labute approximate surface area is 131 Å². The topological polar surface area (TPSA) is 58.4 Å². The fourth-order valence-corrected chi connectivity index (χ4v) is 2.64. The zero-order valence-electron chi connectivity index (χ0n) is 13.4. The van der Waals surface area contributed by atoms with Crippen molar-refractivity contribution in [2.45, 2.75) is 66.1 Å². The van der Waals surface area contributed by atoms with Crippen LogP contribution in [-0.4, -0.2) is 38.3 Å². The van der Waals surface area contributed by atoms with Gasteiger partial charge in [-0.15, -0.1) is 0 Å². The predicted molar refractivity (Wildman–Crippen MR) is 84.7 cm³/mol. The SMILES string of the molecule is CCc1nn(CC)c(CN(CCCC(=O)O)C(C)C)c1Cl. The molecule has 1 aromatic heterocycles. The van der Waals surface area contributed by atoms with Crippen molar-refractivity contribution in [2.24, 2.45) is 0 Å². The molecule has 0 aromatic carbocycles. The number of carboxylic acids is 1. The van der Waals surface area contributed by atoms with Crippen LogP contribution >= 0.6 is 11.6 Å². The molecule has 0 aliphatic heterocycles. The van der Waals surface area contributed by atoms with Crippen LogP contribution in [0.15, 0.2) is 0 Å². The van der Waals surface area contributed by atoms with E-state index in [4.69, 9.17) is 16.7 Å². The van der Waals surface area contributed by atoms with Crippen molar-refractivity contribution in [3.63, 3.8) is 0 Å². The van der Waals surface area contributed by atoms with E-state index in [0.29, 0.717) is 19.0 Å². The standard InChI is InChI=1S/C15H26ClN3O2/c1-5-12-15(16)13(19(6-2)17-12)10-18(11(3)4)9-7-8-14(20)21/h11H,5-10H2,1-4H3,(H,20,21). The van der Waals surface area contributed by atoms with Crippen LogP contribution in [0.3, 0.4) is 0 Å². The van der Waals surface area contributed by atoms with E-state index in [1.165, 1.54) is 0 Å². The Kier molecular flexibility index (Phi) is 7.18. The van der Waals surface area contributed by atoms with Gasteiger partial charge in [-0.3, -0.25) is 14.4 Å². The zero-order chi connectivity index (χ0) is 16.0.